The summed E-state index contributed by atoms with van der Waals surface area (Å²) in [5.74, 6) is -0.358. The number of hydrogen-bond acceptors (Lipinski definition) is 1. The van der Waals surface area contributed by atoms with E-state index in [0.29, 0.717) is 20.6 Å². The molecule has 0 aromatic heterocycles. The lowest BCUT2D eigenvalue weighted by molar-refractivity contribution is 0.598. The van der Waals surface area contributed by atoms with Gasteiger partial charge in [0.1, 0.15) is 5.82 Å². The van der Waals surface area contributed by atoms with Crippen molar-refractivity contribution in [2.45, 2.75) is 6.04 Å². The lowest BCUT2D eigenvalue weighted by atomic mass is 9.99. The molecule has 0 aliphatic carbocycles. The molecule has 2 aromatic carbocycles. The standard InChI is InChI=1S/C13H9Br2ClFN/c14-7-4-5-8(11(17)6-7)13(18)12-9(15)2-1-3-10(12)16/h1-6,13H,18H2. The van der Waals surface area contributed by atoms with Crippen LogP contribution in [0.25, 0.3) is 0 Å². The zero-order chi connectivity index (χ0) is 13.3. The van der Waals surface area contributed by atoms with Crippen molar-refractivity contribution in [3.63, 3.8) is 0 Å². The highest BCUT2D eigenvalue weighted by atomic mass is 79.9. The average Bonchev–Trinajstić information content (AvgIpc) is 2.28. The zero-order valence-electron chi connectivity index (χ0n) is 9.13. The Bertz CT molecular complexity index is 569. The van der Waals surface area contributed by atoms with Crippen LogP contribution in [0.2, 0.25) is 5.02 Å². The first-order valence-corrected chi connectivity index (χ1v) is 7.11. The fourth-order valence-corrected chi connectivity index (χ4v) is 3.07. The summed E-state index contributed by atoms with van der Waals surface area (Å²) in [6, 6.07) is 9.56. The first kappa shape index (κ1) is 14.0. The van der Waals surface area contributed by atoms with Crippen molar-refractivity contribution < 1.29 is 4.39 Å². The molecule has 0 amide bonds. The van der Waals surface area contributed by atoms with Crippen LogP contribution in [0.4, 0.5) is 4.39 Å². The van der Waals surface area contributed by atoms with E-state index in [-0.39, 0.29) is 5.82 Å². The lowest BCUT2D eigenvalue weighted by Gasteiger charge is -2.16. The van der Waals surface area contributed by atoms with Crippen LogP contribution >= 0.6 is 43.5 Å². The van der Waals surface area contributed by atoms with Gasteiger partial charge in [-0.05, 0) is 24.3 Å². The van der Waals surface area contributed by atoms with E-state index >= 15 is 0 Å². The van der Waals surface area contributed by atoms with Gasteiger partial charge >= 0.3 is 0 Å². The third kappa shape index (κ3) is 2.77. The quantitative estimate of drug-likeness (QED) is 0.759. The molecule has 0 aliphatic rings. The molecule has 0 bridgehead atoms. The molecule has 94 valence electrons. The Labute approximate surface area is 126 Å². The minimum Gasteiger partial charge on any atom is -0.320 e. The van der Waals surface area contributed by atoms with E-state index in [1.807, 2.05) is 6.07 Å². The molecule has 0 radical (unpaired) electrons. The first-order chi connectivity index (χ1) is 8.50. The maximum atomic E-state index is 13.9. The highest BCUT2D eigenvalue weighted by Gasteiger charge is 2.18. The summed E-state index contributed by atoms with van der Waals surface area (Å²) < 4.78 is 15.3. The second kappa shape index (κ2) is 5.70. The monoisotopic (exact) mass is 391 g/mol. The first-order valence-electron chi connectivity index (χ1n) is 5.15. The molecule has 0 fully saturated rings. The van der Waals surface area contributed by atoms with Crippen molar-refractivity contribution in [1.29, 1.82) is 0 Å². The van der Waals surface area contributed by atoms with Gasteiger partial charge < -0.3 is 5.73 Å². The maximum absolute atomic E-state index is 13.9. The van der Waals surface area contributed by atoms with Gasteiger partial charge in [-0.15, -0.1) is 0 Å². The molecule has 0 heterocycles. The summed E-state index contributed by atoms with van der Waals surface area (Å²) in [5, 5.41) is 0.513. The van der Waals surface area contributed by atoms with Crippen LogP contribution in [0.15, 0.2) is 45.3 Å². The molecule has 2 N–H and O–H groups in total. The topological polar surface area (TPSA) is 26.0 Å². The van der Waals surface area contributed by atoms with Crippen LogP contribution in [-0.4, -0.2) is 0 Å². The van der Waals surface area contributed by atoms with Gasteiger partial charge in [-0.25, -0.2) is 4.39 Å². The van der Waals surface area contributed by atoms with Crippen LogP contribution in [-0.2, 0) is 0 Å². The molecule has 1 unspecified atom stereocenters. The zero-order valence-corrected chi connectivity index (χ0v) is 13.1. The van der Waals surface area contributed by atoms with Gasteiger partial charge in [-0.2, -0.15) is 0 Å². The Morgan fingerprint density at radius 3 is 2.50 bits per heavy atom. The van der Waals surface area contributed by atoms with Crippen molar-refractivity contribution in [3.8, 4) is 0 Å². The van der Waals surface area contributed by atoms with Gasteiger partial charge in [-0.3, -0.25) is 0 Å². The summed E-state index contributed by atoms with van der Waals surface area (Å²) in [6.07, 6.45) is 0. The number of halogens is 4. The van der Waals surface area contributed by atoms with E-state index in [9.17, 15) is 4.39 Å². The van der Waals surface area contributed by atoms with Crippen molar-refractivity contribution in [2.24, 2.45) is 5.73 Å². The van der Waals surface area contributed by atoms with E-state index in [1.54, 1.807) is 24.3 Å². The van der Waals surface area contributed by atoms with Gasteiger partial charge in [-0.1, -0.05) is 55.6 Å². The molecule has 2 rings (SSSR count). The molecule has 0 saturated carbocycles. The van der Waals surface area contributed by atoms with Crippen molar-refractivity contribution >= 4 is 43.5 Å². The second-order valence-electron chi connectivity index (χ2n) is 3.78. The molecule has 0 spiro atoms. The van der Waals surface area contributed by atoms with Crippen molar-refractivity contribution in [3.05, 3.63) is 67.3 Å². The summed E-state index contributed by atoms with van der Waals surface area (Å²) in [6.45, 7) is 0. The van der Waals surface area contributed by atoms with E-state index in [4.69, 9.17) is 17.3 Å². The largest absolute Gasteiger partial charge is 0.320 e. The van der Waals surface area contributed by atoms with Gasteiger partial charge in [0.25, 0.3) is 0 Å². The minimum absolute atomic E-state index is 0.358. The summed E-state index contributed by atoms with van der Waals surface area (Å²) in [4.78, 5) is 0. The Balaban J connectivity index is 2.51. The molecule has 1 nitrogen and oxygen atoms in total. The summed E-state index contributed by atoms with van der Waals surface area (Å²) in [7, 11) is 0. The fraction of sp³-hybridized carbons (Fsp3) is 0.0769. The number of benzene rings is 2. The fourth-order valence-electron chi connectivity index (χ4n) is 1.72. The second-order valence-corrected chi connectivity index (χ2v) is 5.96. The van der Waals surface area contributed by atoms with Gasteiger partial charge in [0.15, 0.2) is 0 Å². The minimum atomic E-state index is -0.610. The SMILES string of the molecule is NC(c1ccc(Br)cc1F)c1c(Cl)cccc1Br. The number of rotatable bonds is 2. The maximum Gasteiger partial charge on any atom is 0.129 e. The molecule has 0 saturated heterocycles. The third-order valence-corrected chi connectivity index (χ3v) is 4.12. The molecule has 2 aromatic rings. The van der Waals surface area contributed by atoms with E-state index < -0.39 is 6.04 Å². The molecule has 0 aliphatic heterocycles. The highest BCUT2D eigenvalue weighted by molar-refractivity contribution is 9.10. The number of nitrogens with two attached hydrogens (primary N) is 1. The molecular formula is C13H9Br2ClFN. The Kier molecular flexibility index (Phi) is 4.43. The van der Waals surface area contributed by atoms with E-state index in [2.05, 4.69) is 31.9 Å². The lowest BCUT2D eigenvalue weighted by Crippen LogP contribution is -2.14. The smallest absolute Gasteiger partial charge is 0.129 e. The van der Waals surface area contributed by atoms with E-state index in [0.717, 1.165) is 4.47 Å². The normalized spacial score (nSPS) is 12.5. The van der Waals surface area contributed by atoms with Crippen molar-refractivity contribution in [1.82, 2.24) is 0 Å². The molecule has 18 heavy (non-hydrogen) atoms. The van der Waals surface area contributed by atoms with Crippen LogP contribution in [0.5, 0.6) is 0 Å². The van der Waals surface area contributed by atoms with Gasteiger partial charge in [0.05, 0.1) is 6.04 Å². The van der Waals surface area contributed by atoms with Crippen LogP contribution in [0.1, 0.15) is 17.2 Å². The Morgan fingerprint density at radius 2 is 1.89 bits per heavy atom. The average molecular weight is 393 g/mol. The number of hydrogen-bond donors (Lipinski definition) is 1. The Hall–Kier alpha value is -0.420. The predicted octanol–water partition coefficient (Wildman–Crippen LogP) is 5.05. The molecule has 1 atom stereocenters. The molecule has 5 heteroatoms. The van der Waals surface area contributed by atoms with Crippen LogP contribution < -0.4 is 5.73 Å². The third-order valence-electron chi connectivity index (χ3n) is 2.61. The van der Waals surface area contributed by atoms with Crippen LogP contribution in [0.3, 0.4) is 0 Å². The highest BCUT2D eigenvalue weighted by Crippen LogP contribution is 2.34. The van der Waals surface area contributed by atoms with Crippen LogP contribution in [0, 0.1) is 5.82 Å². The van der Waals surface area contributed by atoms with Crippen molar-refractivity contribution in [2.75, 3.05) is 0 Å². The van der Waals surface area contributed by atoms with E-state index in [1.165, 1.54) is 6.07 Å². The Morgan fingerprint density at radius 1 is 1.17 bits per heavy atom. The predicted molar refractivity (Wildman–Crippen MR) is 79.3 cm³/mol. The summed E-state index contributed by atoms with van der Waals surface area (Å²) in [5.41, 5.74) is 7.19. The summed E-state index contributed by atoms with van der Waals surface area (Å²) >= 11 is 12.7. The molecular weight excluding hydrogens is 384 g/mol. The van der Waals surface area contributed by atoms with Gasteiger partial charge in [0, 0.05) is 25.1 Å². The van der Waals surface area contributed by atoms with Gasteiger partial charge in [0.2, 0.25) is 0 Å².